The summed E-state index contributed by atoms with van der Waals surface area (Å²) in [7, 11) is 0. The molecule has 2 aromatic rings. The van der Waals surface area contributed by atoms with E-state index in [1.807, 2.05) is 18.2 Å². The zero-order valence-corrected chi connectivity index (χ0v) is 8.83. The van der Waals surface area contributed by atoms with Crippen molar-refractivity contribution in [2.24, 2.45) is 5.92 Å². The SMILES string of the molecule is CC(C)COc1cccc2[nH]c(=O)[nH]c12. The molecule has 1 aromatic heterocycles. The Kier molecular flexibility index (Phi) is 2.49. The molecule has 15 heavy (non-hydrogen) atoms. The Balaban J connectivity index is 2.37. The number of H-pyrrole nitrogens is 2. The van der Waals surface area contributed by atoms with E-state index < -0.39 is 0 Å². The number of rotatable bonds is 3. The third-order valence-electron chi connectivity index (χ3n) is 2.09. The van der Waals surface area contributed by atoms with Gasteiger partial charge < -0.3 is 14.7 Å². The van der Waals surface area contributed by atoms with Crippen LogP contribution >= 0.6 is 0 Å². The zero-order chi connectivity index (χ0) is 10.8. The number of benzene rings is 1. The molecule has 0 saturated carbocycles. The summed E-state index contributed by atoms with van der Waals surface area (Å²) in [4.78, 5) is 16.5. The normalized spacial score (nSPS) is 11.1. The van der Waals surface area contributed by atoms with Crippen LogP contribution in [-0.4, -0.2) is 16.6 Å². The number of hydrogen-bond donors (Lipinski definition) is 2. The topological polar surface area (TPSA) is 57.9 Å². The largest absolute Gasteiger partial charge is 0.491 e. The molecule has 0 atom stereocenters. The maximum absolute atomic E-state index is 11.1. The van der Waals surface area contributed by atoms with Gasteiger partial charge in [-0.2, -0.15) is 0 Å². The molecule has 0 aliphatic heterocycles. The van der Waals surface area contributed by atoms with E-state index in [2.05, 4.69) is 23.8 Å². The van der Waals surface area contributed by atoms with Crippen LogP contribution in [0, 0.1) is 5.92 Å². The molecule has 4 nitrogen and oxygen atoms in total. The van der Waals surface area contributed by atoms with E-state index in [1.165, 1.54) is 0 Å². The maximum Gasteiger partial charge on any atom is 0.323 e. The molecular formula is C11H14N2O2. The molecule has 0 aliphatic rings. The molecule has 0 amide bonds. The Hall–Kier alpha value is -1.71. The Morgan fingerprint density at radius 2 is 2.13 bits per heavy atom. The van der Waals surface area contributed by atoms with Crippen LogP contribution in [0.4, 0.5) is 0 Å². The highest BCUT2D eigenvalue weighted by molar-refractivity contribution is 5.80. The fourth-order valence-corrected chi connectivity index (χ4v) is 1.41. The Morgan fingerprint density at radius 3 is 2.87 bits per heavy atom. The van der Waals surface area contributed by atoms with Crippen molar-refractivity contribution in [3.05, 3.63) is 28.7 Å². The summed E-state index contributed by atoms with van der Waals surface area (Å²) in [6.45, 7) is 4.81. The van der Waals surface area contributed by atoms with Crippen molar-refractivity contribution in [2.75, 3.05) is 6.61 Å². The molecule has 0 unspecified atom stereocenters. The van der Waals surface area contributed by atoms with Gasteiger partial charge in [0.15, 0.2) is 0 Å². The van der Waals surface area contributed by atoms with Gasteiger partial charge in [0.05, 0.1) is 12.1 Å². The molecule has 0 radical (unpaired) electrons. The molecule has 0 fully saturated rings. The van der Waals surface area contributed by atoms with E-state index in [4.69, 9.17) is 4.74 Å². The predicted octanol–water partition coefficient (Wildman–Crippen LogP) is 1.89. The summed E-state index contributed by atoms with van der Waals surface area (Å²) < 4.78 is 5.60. The van der Waals surface area contributed by atoms with Gasteiger partial charge in [-0.1, -0.05) is 19.9 Å². The van der Waals surface area contributed by atoms with E-state index in [9.17, 15) is 4.79 Å². The first-order chi connectivity index (χ1) is 7.16. The smallest absolute Gasteiger partial charge is 0.323 e. The molecule has 0 spiro atoms. The average molecular weight is 206 g/mol. The van der Waals surface area contributed by atoms with Gasteiger partial charge in [0.1, 0.15) is 11.3 Å². The van der Waals surface area contributed by atoms with Crippen LogP contribution in [0.2, 0.25) is 0 Å². The number of imidazole rings is 1. The van der Waals surface area contributed by atoms with Crippen molar-refractivity contribution in [1.82, 2.24) is 9.97 Å². The number of nitrogens with one attached hydrogen (secondary N) is 2. The lowest BCUT2D eigenvalue weighted by Crippen LogP contribution is -2.05. The second-order valence-electron chi connectivity index (χ2n) is 3.96. The van der Waals surface area contributed by atoms with Gasteiger partial charge in [-0.15, -0.1) is 0 Å². The summed E-state index contributed by atoms with van der Waals surface area (Å²) in [6, 6.07) is 5.56. The van der Waals surface area contributed by atoms with Gasteiger partial charge >= 0.3 is 5.69 Å². The van der Waals surface area contributed by atoms with Gasteiger partial charge in [-0.25, -0.2) is 4.79 Å². The average Bonchev–Trinajstić information content (AvgIpc) is 2.55. The minimum Gasteiger partial charge on any atom is -0.491 e. The number of ether oxygens (including phenoxy) is 1. The van der Waals surface area contributed by atoms with Crippen molar-refractivity contribution in [2.45, 2.75) is 13.8 Å². The monoisotopic (exact) mass is 206 g/mol. The van der Waals surface area contributed by atoms with E-state index in [-0.39, 0.29) is 5.69 Å². The van der Waals surface area contributed by atoms with Crippen molar-refractivity contribution in [3.8, 4) is 5.75 Å². The van der Waals surface area contributed by atoms with Crippen LogP contribution in [0.25, 0.3) is 11.0 Å². The summed E-state index contributed by atoms with van der Waals surface area (Å²) in [5.41, 5.74) is 1.31. The first kappa shape index (κ1) is 9.83. The number of hydrogen-bond acceptors (Lipinski definition) is 2. The summed E-state index contributed by atoms with van der Waals surface area (Å²) >= 11 is 0. The summed E-state index contributed by atoms with van der Waals surface area (Å²) in [6.07, 6.45) is 0. The van der Waals surface area contributed by atoms with E-state index in [0.29, 0.717) is 12.5 Å². The molecule has 2 rings (SSSR count). The molecular weight excluding hydrogens is 192 g/mol. The second kappa shape index (κ2) is 3.81. The zero-order valence-electron chi connectivity index (χ0n) is 8.83. The number of fused-ring (bicyclic) bond motifs is 1. The number of para-hydroxylation sites is 1. The van der Waals surface area contributed by atoms with Crippen LogP contribution in [-0.2, 0) is 0 Å². The summed E-state index contributed by atoms with van der Waals surface area (Å²) in [5, 5.41) is 0. The number of aromatic amines is 2. The third kappa shape index (κ3) is 2.03. The van der Waals surface area contributed by atoms with Gasteiger partial charge in [0.25, 0.3) is 0 Å². The minimum atomic E-state index is -0.203. The first-order valence-corrected chi connectivity index (χ1v) is 5.00. The molecule has 1 heterocycles. The van der Waals surface area contributed by atoms with Crippen LogP contribution in [0.1, 0.15) is 13.8 Å². The molecule has 0 saturated heterocycles. The van der Waals surface area contributed by atoms with Gasteiger partial charge in [0, 0.05) is 0 Å². The van der Waals surface area contributed by atoms with Crippen LogP contribution < -0.4 is 10.4 Å². The lowest BCUT2D eigenvalue weighted by Gasteiger charge is -2.08. The highest BCUT2D eigenvalue weighted by atomic mass is 16.5. The fraction of sp³-hybridized carbons (Fsp3) is 0.364. The third-order valence-corrected chi connectivity index (χ3v) is 2.09. The van der Waals surface area contributed by atoms with E-state index in [0.717, 1.165) is 16.8 Å². The Bertz CT molecular complexity index is 511. The van der Waals surface area contributed by atoms with E-state index in [1.54, 1.807) is 0 Å². The van der Waals surface area contributed by atoms with E-state index >= 15 is 0 Å². The molecule has 0 bridgehead atoms. The standard InChI is InChI=1S/C11H14N2O2/c1-7(2)6-15-9-5-3-4-8-10(9)13-11(14)12-8/h3-5,7H,6H2,1-2H3,(H2,12,13,14). The highest BCUT2D eigenvalue weighted by Gasteiger charge is 2.05. The van der Waals surface area contributed by atoms with Crippen LogP contribution in [0.5, 0.6) is 5.75 Å². The van der Waals surface area contributed by atoms with Crippen LogP contribution in [0.3, 0.4) is 0 Å². The fourth-order valence-electron chi connectivity index (χ4n) is 1.41. The van der Waals surface area contributed by atoms with Crippen molar-refractivity contribution in [3.63, 3.8) is 0 Å². The van der Waals surface area contributed by atoms with Crippen molar-refractivity contribution in [1.29, 1.82) is 0 Å². The molecule has 1 aromatic carbocycles. The quantitative estimate of drug-likeness (QED) is 0.805. The predicted molar refractivity (Wildman–Crippen MR) is 59.3 cm³/mol. The molecule has 4 heteroatoms. The Morgan fingerprint density at radius 1 is 1.33 bits per heavy atom. The van der Waals surface area contributed by atoms with Gasteiger partial charge in [-0.05, 0) is 18.1 Å². The minimum absolute atomic E-state index is 0.203. The lowest BCUT2D eigenvalue weighted by atomic mass is 10.2. The Labute approximate surface area is 87.3 Å². The molecule has 0 aliphatic carbocycles. The summed E-state index contributed by atoms with van der Waals surface area (Å²) in [5.74, 6) is 1.19. The second-order valence-corrected chi connectivity index (χ2v) is 3.96. The van der Waals surface area contributed by atoms with Crippen LogP contribution in [0.15, 0.2) is 23.0 Å². The van der Waals surface area contributed by atoms with Crippen molar-refractivity contribution < 1.29 is 4.74 Å². The van der Waals surface area contributed by atoms with Crippen molar-refractivity contribution >= 4 is 11.0 Å². The van der Waals surface area contributed by atoms with Gasteiger partial charge in [-0.3, -0.25) is 0 Å². The first-order valence-electron chi connectivity index (χ1n) is 5.00. The molecule has 2 N–H and O–H groups in total. The lowest BCUT2D eigenvalue weighted by molar-refractivity contribution is 0.273. The van der Waals surface area contributed by atoms with Gasteiger partial charge in [0.2, 0.25) is 0 Å². The molecule has 80 valence electrons. The highest BCUT2D eigenvalue weighted by Crippen LogP contribution is 2.21. The maximum atomic E-state index is 11.1. The number of aromatic nitrogens is 2.